The van der Waals surface area contributed by atoms with Gasteiger partial charge in [0.2, 0.25) is 5.91 Å². The van der Waals surface area contributed by atoms with Crippen molar-refractivity contribution in [2.24, 2.45) is 5.41 Å². The summed E-state index contributed by atoms with van der Waals surface area (Å²) < 4.78 is 5.98. The minimum Gasteiger partial charge on any atom is -0.375 e. The minimum absolute atomic E-state index is 0.0153. The van der Waals surface area contributed by atoms with Crippen molar-refractivity contribution in [2.45, 2.75) is 51.2 Å². The molecule has 0 bridgehead atoms. The molecule has 2 saturated heterocycles. The maximum atomic E-state index is 12.0. The zero-order valence-corrected chi connectivity index (χ0v) is 12.3. The van der Waals surface area contributed by atoms with E-state index in [1.165, 1.54) is 5.56 Å². The number of rotatable bonds is 2. The van der Waals surface area contributed by atoms with Crippen molar-refractivity contribution in [3.05, 3.63) is 35.9 Å². The van der Waals surface area contributed by atoms with Crippen molar-refractivity contribution < 1.29 is 9.53 Å². The molecule has 1 amide bonds. The van der Waals surface area contributed by atoms with Crippen LogP contribution < -0.4 is 5.32 Å². The molecule has 1 aromatic carbocycles. The molecule has 108 valence electrons. The number of ether oxygens (including phenoxy) is 1. The zero-order valence-electron chi connectivity index (χ0n) is 12.3. The van der Waals surface area contributed by atoms with Crippen LogP contribution in [0.25, 0.3) is 0 Å². The summed E-state index contributed by atoms with van der Waals surface area (Å²) in [7, 11) is 0. The van der Waals surface area contributed by atoms with Crippen LogP contribution in [0.4, 0.5) is 0 Å². The number of benzene rings is 1. The molecule has 1 spiro atoms. The molecule has 2 aliphatic rings. The average molecular weight is 273 g/mol. The van der Waals surface area contributed by atoms with Crippen LogP contribution >= 0.6 is 0 Å². The Hall–Kier alpha value is -1.35. The van der Waals surface area contributed by atoms with Gasteiger partial charge in [-0.2, -0.15) is 0 Å². The van der Waals surface area contributed by atoms with Crippen molar-refractivity contribution in [1.29, 1.82) is 0 Å². The Labute approximate surface area is 120 Å². The predicted octanol–water partition coefficient (Wildman–Crippen LogP) is 3.21. The highest BCUT2D eigenvalue weighted by atomic mass is 16.5. The highest BCUT2D eigenvalue weighted by Gasteiger charge is 2.52. The molecule has 3 nitrogen and oxygen atoms in total. The van der Waals surface area contributed by atoms with Gasteiger partial charge in [-0.25, -0.2) is 0 Å². The second kappa shape index (κ2) is 4.88. The van der Waals surface area contributed by atoms with E-state index < -0.39 is 0 Å². The summed E-state index contributed by atoms with van der Waals surface area (Å²) in [5.41, 5.74) is 1.14. The van der Waals surface area contributed by atoms with Gasteiger partial charge in [0.05, 0.1) is 11.6 Å². The van der Waals surface area contributed by atoms with Crippen molar-refractivity contribution in [3.63, 3.8) is 0 Å². The van der Waals surface area contributed by atoms with E-state index in [9.17, 15) is 4.79 Å². The van der Waals surface area contributed by atoms with Gasteiger partial charge < -0.3 is 10.1 Å². The fourth-order valence-corrected chi connectivity index (χ4v) is 3.88. The van der Waals surface area contributed by atoms with Gasteiger partial charge in [-0.05, 0) is 31.7 Å². The quantitative estimate of drug-likeness (QED) is 0.898. The van der Waals surface area contributed by atoms with Gasteiger partial charge in [-0.15, -0.1) is 0 Å². The highest BCUT2D eigenvalue weighted by Crippen LogP contribution is 2.53. The van der Waals surface area contributed by atoms with Crippen LogP contribution in [0.3, 0.4) is 0 Å². The van der Waals surface area contributed by atoms with Crippen LogP contribution in [0.15, 0.2) is 30.3 Å². The van der Waals surface area contributed by atoms with E-state index in [-0.39, 0.29) is 23.0 Å². The van der Waals surface area contributed by atoms with Crippen LogP contribution in [0, 0.1) is 5.41 Å². The molecule has 0 aliphatic carbocycles. The van der Waals surface area contributed by atoms with Crippen molar-refractivity contribution in [1.82, 2.24) is 5.32 Å². The van der Waals surface area contributed by atoms with Crippen LogP contribution in [-0.2, 0) is 9.53 Å². The second-order valence-electron chi connectivity index (χ2n) is 6.53. The molecule has 0 saturated carbocycles. The van der Waals surface area contributed by atoms with E-state index in [1.807, 2.05) is 18.2 Å². The van der Waals surface area contributed by atoms with E-state index >= 15 is 0 Å². The van der Waals surface area contributed by atoms with Gasteiger partial charge in [0, 0.05) is 18.4 Å². The molecule has 2 heterocycles. The summed E-state index contributed by atoms with van der Waals surface area (Å²) in [6, 6.07) is 10.5. The molecule has 1 aromatic rings. The molecular formula is C17H23NO2. The molecule has 3 rings (SSSR count). The van der Waals surface area contributed by atoms with Gasteiger partial charge in [-0.1, -0.05) is 37.3 Å². The monoisotopic (exact) mass is 273 g/mol. The number of carbonyl (C=O) groups is 1. The van der Waals surface area contributed by atoms with Crippen molar-refractivity contribution >= 4 is 5.91 Å². The van der Waals surface area contributed by atoms with E-state index in [2.05, 4.69) is 31.3 Å². The normalized spacial score (nSPS) is 37.1. The van der Waals surface area contributed by atoms with Crippen LogP contribution in [-0.4, -0.2) is 18.1 Å². The molecule has 20 heavy (non-hydrogen) atoms. The number of hydrogen-bond donors (Lipinski definition) is 1. The molecule has 2 fully saturated rings. The first-order valence-corrected chi connectivity index (χ1v) is 7.55. The topological polar surface area (TPSA) is 38.3 Å². The molecule has 3 unspecified atom stereocenters. The summed E-state index contributed by atoms with van der Waals surface area (Å²) in [4.78, 5) is 12.0. The second-order valence-corrected chi connectivity index (χ2v) is 6.53. The van der Waals surface area contributed by atoms with E-state index in [1.54, 1.807) is 0 Å². The maximum absolute atomic E-state index is 12.0. The standard InChI is InChI=1S/C17H23NO2/c1-3-16(2)12-17(9-10-20-16)11-14(19)18-15(17)13-7-5-4-6-8-13/h4-8,15H,3,9-12H2,1-2H3,(H,18,19). The van der Waals surface area contributed by atoms with Crippen LogP contribution in [0.1, 0.15) is 51.1 Å². The molecule has 0 radical (unpaired) electrons. The first-order valence-electron chi connectivity index (χ1n) is 7.55. The lowest BCUT2D eigenvalue weighted by atomic mass is 9.66. The third kappa shape index (κ3) is 2.24. The molecule has 1 N–H and O–H groups in total. The van der Waals surface area contributed by atoms with Gasteiger partial charge in [0.1, 0.15) is 0 Å². The smallest absolute Gasteiger partial charge is 0.221 e. The van der Waals surface area contributed by atoms with Crippen LogP contribution in [0.2, 0.25) is 0 Å². The first kappa shape index (κ1) is 13.6. The lowest BCUT2D eigenvalue weighted by Gasteiger charge is -2.46. The van der Waals surface area contributed by atoms with Gasteiger partial charge >= 0.3 is 0 Å². The maximum Gasteiger partial charge on any atom is 0.221 e. The third-order valence-electron chi connectivity index (χ3n) is 5.09. The summed E-state index contributed by atoms with van der Waals surface area (Å²) in [6.45, 7) is 5.10. The Morgan fingerprint density at radius 2 is 2.10 bits per heavy atom. The zero-order chi connectivity index (χ0) is 14.2. The molecular weight excluding hydrogens is 250 g/mol. The summed E-state index contributed by atoms with van der Waals surface area (Å²) >= 11 is 0. The van der Waals surface area contributed by atoms with Crippen molar-refractivity contribution in [2.75, 3.05) is 6.61 Å². The van der Waals surface area contributed by atoms with Gasteiger partial charge in [-0.3, -0.25) is 4.79 Å². The highest BCUT2D eigenvalue weighted by molar-refractivity contribution is 5.80. The fraction of sp³-hybridized carbons (Fsp3) is 0.588. The minimum atomic E-state index is -0.0996. The SMILES string of the molecule is CCC1(C)CC2(CCO1)CC(=O)NC2c1ccccc1. The Balaban J connectivity index is 1.95. The Morgan fingerprint density at radius 3 is 2.80 bits per heavy atom. The molecule has 3 atom stereocenters. The predicted molar refractivity (Wildman–Crippen MR) is 78.3 cm³/mol. The van der Waals surface area contributed by atoms with Crippen molar-refractivity contribution in [3.8, 4) is 0 Å². The lowest BCUT2D eigenvalue weighted by Crippen LogP contribution is -2.45. The number of carbonyl (C=O) groups excluding carboxylic acids is 1. The lowest BCUT2D eigenvalue weighted by molar-refractivity contribution is -0.127. The number of hydrogen-bond acceptors (Lipinski definition) is 2. The number of nitrogens with one attached hydrogen (secondary N) is 1. The van der Waals surface area contributed by atoms with E-state index in [0.29, 0.717) is 6.42 Å². The van der Waals surface area contributed by atoms with Gasteiger partial charge in [0.25, 0.3) is 0 Å². The molecule has 3 heteroatoms. The van der Waals surface area contributed by atoms with Crippen LogP contribution in [0.5, 0.6) is 0 Å². The first-order chi connectivity index (χ1) is 9.57. The summed E-state index contributed by atoms with van der Waals surface area (Å²) in [5.74, 6) is 0.180. The Kier molecular flexibility index (Phi) is 3.33. The Morgan fingerprint density at radius 1 is 1.35 bits per heavy atom. The largest absolute Gasteiger partial charge is 0.375 e. The third-order valence-corrected chi connectivity index (χ3v) is 5.09. The number of amides is 1. The van der Waals surface area contributed by atoms with E-state index in [0.717, 1.165) is 25.9 Å². The van der Waals surface area contributed by atoms with E-state index in [4.69, 9.17) is 4.74 Å². The molecule has 0 aromatic heterocycles. The fourth-order valence-electron chi connectivity index (χ4n) is 3.88. The Bertz CT molecular complexity index is 501. The van der Waals surface area contributed by atoms with Gasteiger partial charge in [0.15, 0.2) is 0 Å². The molecule has 2 aliphatic heterocycles. The average Bonchev–Trinajstić information content (AvgIpc) is 2.75. The summed E-state index contributed by atoms with van der Waals surface area (Å²) in [5, 5.41) is 3.20. The summed E-state index contributed by atoms with van der Waals surface area (Å²) in [6.07, 6.45) is 3.53.